The molecule has 3 aliphatic rings. The molecule has 0 radical (unpaired) electrons. The van der Waals surface area contributed by atoms with Crippen LogP contribution in [0.25, 0.3) is 0 Å². The SMILES string of the molecule is O=C(C1CC1)N(c1ccc(CC2CC2)cc1)C1CC1. The van der Waals surface area contributed by atoms with Crippen LogP contribution in [-0.4, -0.2) is 11.9 Å². The van der Waals surface area contributed by atoms with Crippen LogP contribution in [0.3, 0.4) is 0 Å². The first-order valence-electron chi connectivity index (χ1n) is 7.73. The van der Waals surface area contributed by atoms with Gasteiger partial charge in [0.15, 0.2) is 0 Å². The summed E-state index contributed by atoms with van der Waals surface area (Å²) >= 11 is 0. The van der Waals surface area contributed by atoms with E-state index in [2.05, 4.69) is 29.2 Å². The maximum Gasteiger partial charge on any atom is 0.230 e. The highest BCUT2D eigenvalue weighted by atomic mass is 16.2. The fraction of sp³-hybridized carbons (Fsp3) is 0.588. The zero-order chi connectivity index (χ0) is 12.8. The molecule has 0 atom stereocenters. The van der Waals surface area contributed by atoms with Crippen LogP contribution < -0.4 is 4.90 Å². The molecule has 0 heterocycles. The molecule has 2 nitrogen and oxygen atoms in total. The Morgan fingerprint density at radius 3 is 2.21 bits per heavy atom. The number of benzene rings is 1. The zero-order valence-corrected chi connectivity index (χ0v) is 11.3. The number of rotatable bonds is 5. The molecule has 0 N–H and O–H groups in total. The van der Waals surface area contributed by atoms with E-state index in [1.165, 1.54) is 37.7 Å². The first kappa shape index (κ1) is 11.5. The van der Waals surface area contributed by atoms with Crippen LogP contribution in [0.4, 0.5) is 5.69 Å². The quantitative estimate of drug-likeness (QED) is 0.788. The normalized spacial score (nSPS) is 22.3. The third kappa shape index (κ3) is 2.54. The average Bonchev–Trinajstić information content (AvgIpc) is 3.28. The number of carbonyl (C=O) groups is 1. The summed E-state index contributed by atoms with van der Waals surface area (Å²) in [6.45, 7) is 0. The van der Waals surface area contributed by atoms with Crippen molar-refractivity contribution >= 4 is 11.6 Å². The summed E-state index contributed by atoms with van der Waals surface area (Å²) in [5, 5.41) is 0. The minimum Gasteiger partial charge on any atom is -0.309 e. The molecule has 1 aromatic carbocycles. The second-order valence-electron chi connectivity index (χ2n) is 6.53. The lowest BCUT2D eigenvalue weighted by Crippen LogP contribution is -2.34. The Morgan fingerprint density at radius 2 is 1.68 bits per heavy atom. The molecule has 0 saturated heterocycles. The molecule has 0 spiro atoms. The Kier molecular flexibility index (Phi) is 2.64. The number of carbonyl (C=O) groups excluding carboxylic acids is 1. The standard InChI is InChI=1S/C17H21NO/c19-17(14-5-6-14)18(16-9-10-16)15-7-3-13(4-8-15)11-12-1-2-12/h3-4,7-8,12,14,16H,1-2,5-6,9-11H2. The second kappa shape index (κ2) is 4.36. The number of hydrogen-bond donors (Lipinski definition) is 0. The topological polar surface area (TPSA) is 20.3 Å². The van der Waals surface area contributed by atoms with E-state index in [1.54, 1.807) is 0 Å². The molecular formula is C17H21NO. The van der Waals surface area contributed by atoms with Gasteiger partial charge in [-0.25, -0.2) is 0 Å². The smallest absolute Gasteiger partial charge is 0.230 e. The third-order valence-corrected chi connectivity index (χ3v) is 4.51. The Morgan fingerprint density at radius 1 is 1.00 bits per heavy atom. The van der Waals surface area contributed by atoms with Gasteiger partial charge in [-0.05, 0) is 68.6 Å². The molecule has 0 aliphatic heterocycles. The molecule has 19 heavy (non-hydrogen) atoms. The number of amides is 1. The van der Waals surface area contributed by atoms with E-state index in [0.717, 1.165) is 24.4 Å². The van der Waals surface area contributed by atoms with E-state index in [4.69, 9.17) is 0 Å². The Balaban J connectivity index is 1.52. The van der Waals surface area contributed by atoms with E-state index >= 15 is 0 Å². The van der Waals surface area contributed by atoms with E-state index in [0.29, 0.717) is 17.9 Å². The lowest BCUT2D eigenvalue weighted by molar-refractivity contribution is -0.119. The van der Waals surface area contributed by atoms with Gasteiger partial charge >= 0.3 is 0 Å². The summed E-state index contributed by atoms with van der Waals surface area (Å²) in [4.78, 5) is 14.5. The van der Waals surface area contributed by atoms with Crippen molar-refractivity contribution in [3.05, 3.63) is 29.8 Å². The van der Waals surface area contributed by atoms with Gasteiger partial charge in [0.25, 0.3) is 0 Å². The van der Waals surface area contributed by atoms with Crippen molar-refractivity contribution < 1.29 is 4.79 Å². The van der Waals surface area contributed by atoms with E-state index < -0.39 is 0 Å². The number of hydrogen-bond acceptors (Lipinski definition) is 1. The summed E-state index contributed by atoms with van der Waals surface area (Å²) < 4.78 is 0. The Hall–Kier alpha value is -1.31. The minimum atomic E-state index is 0.326. The molecule has 3 saturated carbocycles. The molecule has 3 aliphatic carbocycles. The zero-order valence-electron chi connectivity index (χ0n) is 11.3. The first-order chi connectivity index (χ1) is 9.31. The summed E-state index contributed by atoms with van der Waals surface area (Å²) in [5.41, 5.74) is 2.56. The van der Waals surface area contributed by atoms with Crippen molar-refractivity contribution in [2.45, 2.75) is 51.0 Å². The molecule has 2 heteroatoms. The third-order valence-electron chi connectivity index (χ3n) is 4.51. The first-order valence-corrected chi connectivity index (χ1v) is 7.73. The van der Waals surface area contributed by atoms with Gasteiger partial charge < -0.3 is 4.90 Å². The second-order valence-corrected chi connectivity index (χ2v) is 6.53. The monoisotopic (exact) mass is 255 g/mol. The molecule has 3 fully saturated rings. The van der Waals surface area contributed by atoms with Crippen LogP contribution in [0.5, 0.6) is 0 Å². The fourth-order valence-electron chi connectivity index (χ4n) is 2.83. The average molecular weight is 255 g/mol. The van der Waals surface area contributed by atoms with Crippen LogP contribution in [0.15, 0.2) is 24.3 Å². The van der Waals surface area contributed by atoms with Crippen LogP contribution in [0, 0.1) is 11.8 Å². The van der Waals surface area contributed by atoms with Crippen molar-refractivity contribution in [3.8, 4) is 0 Å². The van der Waals surface area contributed by atoms with Gasteiger partial charge in [0, 0.05) is 17.6 Å². The molecule has 4 rings (SSSR count). The predicted octanol–water partition coefficient (Wildman–Crippen LogP) is 3.54. The van der Waals surface area contributed by atoms with Gasteiger partial charge in [0.1, 0.15) is 0 Å². The van der Waals surface area contributed by atoms with Gasteiger partial charge in [-0.15, -0.1) is 0 Å². The maximum atomic E-state index is 12.4. The largest absolute Gasteiger partial charge is 0.309 e. The van der Waals surface area contributed by atoms with Crippen molar-refractivity contribution in [3.63, 3.8) is 0 Å². The molecule has 0 unspecified atom stereocenters. The van der Waals surface area contributed by atoms with Crippen LogP contribution >= 0.6 is 0 Å². The van der Waals surface area contributed by atoms with E-state index in [9.17, 15) is 4.79 Å². The molecule has 0 aromatic heterocycles. The number of nitrogens with zero attached hydrogens (tertiary/aromatic N) is 1. The molecular weight excluding hydrogens is 234 g/mol. The molecule has 1 aromatic rings. The van der Waals surface area contributed by atoms with Crippen LogP contribution in [0.2, 0.25) is 0 Å². The van der Waals surface area contributed by atoms with Gasteiger partial charge in [0.2, 0.25) is 5.91 Å². The Bertz CT molecular complexity index is 480. The van der Waals surface area contributed by atoms with Crippen molar-refractivity contribution in [2.75, 3.05) is 4.90 Å². The summed E-state index contributed by atoms with van der Waals surface area (Å²) in [5.74, 6) is 1.63. The molecule has 100 valence electrons. The lowest BCUT2D eigenvalue weighted by Gasteiger charge is -2.23. The van der Waals surface area contributed by atoms with Crippen molar-refractivity contribution in [1.29, 1.82) is 0 Å². The highest BCUT2D eigenvalue weighted by Crippen LogP contribution is 2.39. The van der Waals surface area contributed by atoms with Crippen molar-refractivity contribution in [1.82, 2.24) is 0 Å². The fourth-order valence-corrected chi connectivity index (χ4v) is 2.83. The maximum absolute atomic E-state index is 12.4. The summed E-state index contributed by atoms with van der Waals surface area (Å²) in [6, 6.07) is 9.27. The highest BCUT2D eigenvalue weighted by Gasteiger charge is 2.40. The van der Waals surface area contributed by atoms with Gasteiger partial charge in [-0.1, -0.05) is 12.1 Å². The highest BCUT2D eigenvalue weighted by molar-refractivity contribution is 5.97. The Labute approximate surface area is 114 Å². The number of anilines is 1. The van der Waals surface area contributed by atoms with Crippen LogP contribution in [0.1, 0.15) is 44.1 Å². The van der Waals surface area contributed by atoms with Gasteiger partial charge in [-0.3, -0.25) is 4.79 Å². The lowest BCUT2D eigenvalue weighted by atomic mass is 10.1. The van der Waals surface area contributed by atoms with Crippen LogP contribution in [-0.2, 0) is 11.2 Å². The predicted molar refractivity (Wildman–Crippen MR) is 76.1 cm³/mol. The van der Waals surface area contributed by atoms with Crippen molar-refractivity contribution in [2.24, 2.45) is 11.8 Å². The summed E-state index contributed by atoms with van der Waals surface area (Å²) in [6.07, 6.45) is 8.58. The van der Waals surface area contributed by atoms with Gasteiger partial charge in [0.05, 0.1) is 0 Å². The summed E-state index contributed by atoms with van der Waals surface area (Å²) in [7, 11) is 0. The van der Waals surface area contributed by atoms with Gasteiger partial charge in [-0.2, -0.15) is 0 Å². The van der Waals surface area contributed by atoms with E-state index in [1.807, 2.05) is 0 Å². The molecule has 1 amide bonds. The molecule has 0 bridgehead atoms. The van der Waals surface area contributed by atoms with E-state index in [-0.39, 0.29) is 0 Å². The minimum absolute atomic E-state index is 0.326.